The van der Waals surface area contributed by atoms with Crippen molar-refractivity contribution >= 4 is 16.1 Å². The fourth-order valence-corrected chi connectivity index (χ4v) is 0.960. The minimum atomic E-state index is -4.86. The molecule has 0 aromatic carbocycles. The van der Waals surface area contributed by atoms with Gasteiger partial charge in [-0.2, -0.15) is 8.42 Å². The summed E-state index contributed by atoms with van der Waals surface area (Å²) in [5, 5.41) is 24.5. The maximum Gasteiger partial charge on any atom is 0.308 e. The molecule has 0 aliphatic carbocycles. The third-order valence-corrected chi connectivity index (χ3v) is 1.82. The summed E-state index contributed by atoms with van der Waals surface area (Å²) in [6.45, 7) is 0. The first-order valence-corrected chi connectivity index (χ1v) is 3.99. The molecular weight excluding hydrogens is 192 g/mol. The minimum absolute atomic E-state index is 1.18. The summed E-state index contributed by atoms with van der Waals surface area (Å²) in [5.74, 6) is -3.33. The quantitative estimate of drug-likeness (QED) is 0.359. The second kappa shape index (κ2) is 3.41. The van der Waals surface area contributed by atoms with Gasteiger partial charge in [-0.25, -0.2) is 0 Å². The van der Waals surface area contributed by atoms with E-state index < -0.39 is 33.4 Å². The SMILES string of the molecule is O=C(O)CC(=C(O)O)S(=O)(=O)O. The van der Waals surface area contributed by atoms with Crippen molar-refractivity contribution in [3.8, 4) is 0 Å². The van der Waals surface area contributed by atoms with Gasteiger partial charge in [0, 0.05) is 0 Å². The Bertz CT molecular complexity index is 306. The first-order chi connectivity index (χ1) is 5.25. The molecule has 70 valence electrons. The largest absolute Gasteiger partial charge is 0.481 e. The minimum Gasteiger partial charge on any atom is -0.481 e. The highest BCUT2D eigenvalue weighted by Crippen LogP contribution is 2.11. The molecule has 0 radical (unpaired) electrons. The molecule has 0 saturated heterocycles. The molecule has 0 bridgehead atoms. The summed E-state index contributed by atoms with van der Waals surface area (Å²) in [5.41, 5.74) is 0. The lowest BCUT2D eigenvalue weighted by atomic mass is 10.4. The van der Waals surface area contributed by atoms with Gasteiger partial charge in [0.1, 0.15) is 0 Å². The highest BCUT2D eigenvalue weighted by Gasteiger charge is 2.22. The van der Waals surface area contributed by atoms with E-state index in [1.54, 1.807) is 0 Å². The van der Waals surface area contributed by atoms with E-state index >= 15 is 0 Å². The maximum atomic E-state index is 10.2. The Morgan fingerprint density at radius 1 is 1.17 bits per heavy atom. The third kappa shape index (κ3) is 3.21. The van der Waals surface area contributed by atoms with Crippen molar-refractivity contribution in [1.82, 2.24) is 0 Å². The Hall–Kier alpha value is -1.28. The molecule has 0 aromatic rings. The molecule has 0 spiro atoms. The van der Waals surface area contributed by atoms with Crippen molar-refractivity contribution in [3.05, 3.63) is 10.9 Å². The summed E-state index contributed by atoms with van der Waals surface area (Å²) in [4.78, 5) is 8.59. The van der Waals surface area contributed by atoms with Crippen molar-refractivity contribution in [3.63, 3.8) is 0 Å². The van der Waals surface area contributed by atoms with Crippen LogP contribution >= 0.6 is 0 Å². The van der Waals surface area contributed by atoms with Gasteiger partial charge >= 0.3 is 5.97 Å². The number of aliphatic hydroxyl groups is 2. The van der Waals surface area contributed by atoms with Gasteiger partial charge in [-0.05, 0) is 0 Å². The van der Waals surface area contributed by atoms with Gasteiger partial charge in [0.25, 0.3) is 16.1 Å². The Morgan fingerprint density at radius 3 is 1.67 bits per heavy atom. The number of carboxylic acid groups (broad SMARTS) is 1. The van der Waals surface area contributed by atoms with Crippen molar-refractivity contribution in [2.75, 3.05) is 0 Å². The lowest BCUT2D eigenvalue weighted by Crippen LogP contribution is -2.10. The number of aliphatic hydroxyl groups excluding tert-OH is 1. The molecular formula is C4H6O7S. The van der Waals surface area contributed by atoms with Crippen molar-refractivity contribution in [1.29, 1.82) is 0 Å². The van der Waals surface area contributed by atoms with E-state index in [4.69, 9.17) is 19.9 Å². The van der Waals surface area contributed by atoms with E-state index in [1.807, 2.05) is 0 Å². The second-order valence-electron chi connectivity index (χ2n) is 1.79. The Labute approximate surface area is 67.3 Å². The molecule has 12 heavy (non-hydrogen) atoms. The van der Waals surface area contributed by atoms with Gasteiger partial charge in [-0.1, -0.05) is 0 Å². The smallest absolute Gasteiger partial charge is 0.308 e. The average Bonchev–Trinajstić information content (AvgIpc) is 1.79. The second-order valence-corrected chi connectivity index (χ2v) is 3.24. The zero-order chi connectivity index (χ0) is 9.94. The van der Waals surface area contributed by atoms with Crippen LogP contribution in [0, 0.1) is 0 Å². The molecule has 0 amide bonds. The number of rotatable bonds is 3. The average molecular weight is 198 g/mol. The molecule has 0 aliphatic heterocycles. The summed E-state index contributed by atoms with van der Waals surface area (Å²) in [6, 6.07) is 0. The van der Waals surface area contributed by atoms with Gasteiger partial charge in [-0.15, -0.1) is 0 Å². The lowest BCUT2D eigenvalue weighted by Gasteiger charge is -1.99. The molecule has 0 aromatic heterocycles. The summed E-state index contributed by atoms with van der Waals surface area (Å²) < 4.78 is 28.7. The highest BCUT2D eigenvalue weighted by molar-refractivity contribution is 7.89. The molecule has 0 heterocycles. The first-order valence-electron chi connectivity index (χ1n) is 2.55. The number of aliphatic carboxylic acids is 1. The van der Waals surface area contributed by atoms with Crippen molar-refractivity contribution in [2.24, 2.45) is 0 Å². The number of carboxylic acids is 1. The predicted octanol–water partition coefficient (Wildman–Crippen LogP) is -0.366. The van der Waals surface area contributed by atoms with Crippen LogP contribution in [0.25, 0.3) is 0 Å². The van der Waals surface area contributed by atoms with Gasteiger partial charge in [0.15, 0.2) is 4.91 Å². The molecule has 0 unspecified atom stereocenters. The van der Waals surface area contributed by atoms with Gasteiger partial charge < -0.3 is 15.3 Å². The third-order valence-electron chi connectivity index (χ3n) is 0.873. The van der Waals surface area contributed by atoms with E-state index in [0.29, 0.717) is 0 Å². The molecule has 0 aliphatic rings. The summed E-state index contributed by atoms with van der Waals surface area (Å²) >= 11 is 0. The molecule has 0 atom stereocenters. The van der Waals surface area contributed by atoms with E-state index in [-0.39, 0.29) is 0 Å². The van der Waals surface area contributed by atoms with Crippen LogP contribution in [0.1, 0.15) is 6.42 Å². The normalized spacial score (nSPS) is 10.8. The Morgan fingerprint density at radius 2 is 1.58 bits per heavy atom. The van der Waals surface area contributed by atoms with Crippen LogP contribution in [0.4, 0.5) is 0 Å². The van der Waals surface area contributed by atoms with Crippen LogP contribution < -0.4 is 0 Å². The fourth-order valence-electron chi connectivity index (χ4n) is 0.423. The predicted molar refractivity (Wildman–Crippen MR) is 36.1 cm³/mol. The number of hydrogen-bond acceptors (Lipinski definition) is 5. The summed E-state index contributed by atoms with van der Waals surface area (Å²) in [7, 11) is -4.86. The van der Waals surface area contributed by atoms with Crippen LogP contribution in [-0.2, 0) is 14.9 Å². The topological polar surface area (TPSA) is 132 Å². The van der Waals surface area contributed by atoms with Crippen LogP contribution in [0.15, 0.2) is 10.9 Å². The van der Waals surface area contributed by atoms with Crippen LogP contribution in [-0.4, -0.2) is 34.3 Å². The Balaban J connectivity index is 4.99. The van der Waals surface area contributed by atoms with Gasteiger partial charge in [0.05, 0.1) is 6.42 Å². The Kier molecular flexibility index (Phi) is 3.05. The van der Waals surface area contributed by atoms with Crippen molar-refractivity contribution in [2.45, 2.75) is 6.42 Å². The highest BCUT2D eigenvalue weighted by atomic mass is 32.2. The molecule has 7 nitrogen and oxygen atoms in total. The van der Waals surface area contributed by atoms with Crippen LogP contribution in [0.5, 0.6) is 0 Å². The maximum absolute atomic E-state index is 10.2. The van der Waals surface area contributed by atoms with Gasteiger partial charge in [0.2, 0.25) is 0 Å². The van der Waals surface area contributed by atoms with Crippen molar-refractivity contribution < 1.29 is 33.1 Å². The van der Waals surface area contributed by atoms with E-state index in [1.165, 1.54) is 0 Å². The molecule has 8 heteroatoms. The number of carbonyl (C=O) groups is 1. The molecule has 0 saturated carbocycles. The zero-order valence-corrected chi connectivity index (χ0v) is 6.45. The molecule has 4 N–H and O–H groups in total. The zero-order valence-electron chi connectivity index (χ0n) is 5.63. The van der Waals surface area contributed by atoms with E-state index in [0.717, 1.165) is 0 Å². The molecule has 0 rings (SSSR count). The monoisotopic (exact) mass is 198 g/mol. The molecule has 0 fully saturated rings. The fraction of sp³-hybridized carbons (Fsp3) is 0.250. The standard InChI is InChI=1S/C4H6O7S/c5-3(6)1-2(4(7)8)12(9,10)11/h7-8H,1H2,(H,5,6)(H,9,10,11). The van der Waals surface area contributed by atoms with Crippen LogP contribution in [0.3, 0.4) is 0 Å². The lowest BCUT2D eigenvalue weighted by molar-refractivity contribution is -0.136. The van der Waals surface area contributed by atoms with E-state index in [2.05, 4.69) is 0 Å². The van der Waals surface area contributed by atoms with Crippen LogP contribution in [0.2, 0.25) is 0 Å². The summed E-state index contributed by atoms with van der Waals surface area (Å²) in [6.07, 6.45) is -1.18. The number of hydrogen-bond donors (Lipinski definition) is 4. The van der Waals surface area contributed by atoms with E-state index in [9.17, 15) is 13.2 Å². The first kappa shape index (κ1) is 10.7. The van der Waals surface area contributed by atoms with Gasteiger partial charge in [-0.3, -0.25) is 9.35 Å².